The van der Waals surface area contributed by atoms with Gasteiger partial charge >= 0.3 is 43.4 Å². The third kappa shape index (κ3) is 5.49. The summed E-state index contributed by atoms with van der Waals surface area (Å²) in [6, 6.07) is 18.0. The first-order chi connectivity index (χ1) is 11.2. The molecule has 1 saturated heterocycles. The molecule has 0 aliphatic carbocycles. The minimum Gasteiger partial charge on any atom is -1.00 e. The van der Waals surface area contributed by atoms with E-state index < -0.39 is 19.4 Å². The first kappa shape index (κ1) is 21.5. The molecule has 5 N–H and O–H groups in total. The molecule has 1 fully saturated rings. The number of amides is 3. The zero-order valence-corrected chi connectivity index (χ0v) is 16.2. The average molecular weight is 374 g/mol. The van der Waals surface area contributed by atoms with Crippen molar-refractivity contribution in [2.24, 2.45) is 0 Å². The summed E-state index contributed by atoms with van der Waals surface area (Å²) in [5, 5.41) is 5.07. The Bertz CT molecular complexity index is 739. The van der Waals surface area contributed by atoms with Crippen molar-refractivity contribution in [2.45, 2.75) is 5.54 Å². The summed E-state index contributed by atoms with van der Waals surface area (Å²) < 4.78 is 8.88. The Balaban J connectivity index is 0.000000798. The minimum atomic E-state index is -4.64. The van der Waals surface area contributed by atoms with Crippen LogP contribution in [0.5, 0.6) is 0 Å². The fourth-order valence-corrected chi connectivity index (χ4v) is 2.40. The molecule has 0 spiro atoms. The van der Waals surface area contributed by atoms with Crippen LogP contribution in [0.25, 0.3) is 0 Å². The van der Waals surface area contributed by atoms with Gasteiger partial charge in [-0.3, -0.25) is 10.1 Å². The van der Waals surface area contributed by atoms with E-state index in [1.165, 1.54) is 0 Å². The van der Waals surface area contributed by atoms with Crippen LogP contribution in [-0.4, -0.2) is 26.6 Å². The largest absolute Gasteiger partial charge is 1.00 e. The molecule has 3 rings (SSSR count). The number of urea groups is 1. The molecule has 1 heterocycles. The molecule has 0 radical (unpaired) electrons. The van der Waals surface area contributed by atoms with E-state index in [2.05, 4.69) is 10.6 Å². The van der Waals surface area contributed by atoms with Crippen molar-refractivity contribution in [1.29, 1.82) is 0 Å². The summed E-state index contributed by atoms with van der Waals surface area (Å²) in [6.45, 7) is 0. The van der Waals surface area contributed by atoms with Crippen LogP contribution in [0.3, 0.4) is 0 Å². The number of imide groups is 1. The molecule has 3 amide bonds. The Morgan fingerprint density at radius 2 is 1.20 bits per heavy atom. The molecule has 2 aromatic rings. The Morgan fingerprint density at radius 3 is 1.48 bits per heavy atom. The minimum absolute atomic E-state index is 0. The summed E-state index contributed by atoms with van der Waals surface area (Å²) >= 11 is 0. The Labute approximate surface area is 167 Å². The summed E-state index contributed by atoms with van der Waals surface area (Å²) in [7, 11) is -4.64. The Morgan fingerprint density at radius 1 is 0.840 bits per heavy atom. The number of hydrogen-bond donors (Lipinski definition) is 5. The van der Waals surface area contributed by atoms with E-state index in [9.17, 15) is 9.59 Å². The van der Waals surface area contributed by atoms with Gasteiger partial charge in [0.1, 0.15) is 0 Å². The van der Waals surface area contributed by atoms with Gasteiger partial charge in [-0.15, -0.1) is 0 Å². The molecule has 1 aliphatic heterocycles. The first-order valence-corrected chi connectivity index (χ1v) is 8.33. The SMILES string of the molecule is O=C1NC(=O)C(c2ccccc2)(c2ccccc2)N1.O=P(O)(O)O.[H-].[Na+]. The second-order valence-corrected chi connectivity index (χ2v) is 5.93. The van der Waals surface area contributed by atoms with Crippen molar-refractivity contribution >= 4 is 19.8 Å². The average Bonchev–Trinajstić information content (AvgIpc) is 2.83. The molecular weight excluding hydrogens is 358 g/mol. The quantitative estimate of drug-likeness (QED) is 0.233. The molecule has 25 heavy (non-hydrogen) atoms. The third-order valence-corrected chi connectivity index (χ3v) is 3.28. The molecular formula is C15H16N2NaO6P. The molecule has 10 heteroatoms. The number of benzene rings is 2. The summed E-state index contributed by atoms with van der Waals surface area (Å²) in [6.07, 6.45) is 0. The summed E-state index contributed by atoms with van der Waals surface area (Å²) in [4.78, 5) is 45.4. The van der Waals surface area contributed by atoms with Crippen molar-refractivity contribution in [1.82, 2.24) is 10.6 Å². The second-order valence-electron chi connectivity index (χ2n) is 4.90. The molecule has 0 aromatic heterocycles. The summed E-state index contributed by atoms with van der Waals surface area (Å²) in [5.74, 6) is -0.352. The van der Waals surface area contributed by atoms with Crippen LogP contribution >= 0.6 is 7.82 Å². The van der Waals surface area contributed by atoms with E-state index in [0.717, 1.165) is 11.1 Å². The number of phosphoric acid groups is 1. The maximum atomic E-state index is 12.3. The van der Waals surface area contributed by atoms with E-state index in [1.54, 1.807) is 0 Å². The smallest absolute Gasteiger partial charge is 1.00 e. The van der Waals surface area contributed by atoms with Crippen LogP contribution in [0.4, 0.5) is 4.79 Å². The number of nitrogens with one attached hydrogen (secondary N) is 2. The maximum absolute atomic E-state index is 12.3. The number of carbonyl (C=O) groups excluding carboxylic acids is 2. The van der Waals surface area contributed by atoms with E-state index in [1.807, 2.05) is 60.7 Å². The number of carbonyl (C=O) groups is 2. The molecule has 128 valence electrons. The first-order valence-electron chi connectivity index (χ1n) is 6.76. The maximum Gasteiger partial charge on any atom is 1.00 e. The molecule has 0 bridgehead atoms. The van der Waals surface area contributed by atoms with Gasteiger partial charge in [0.15, 0.2) is 5.54 Å². The van der Waals surface area contributed by atoms with Crippen LogP contribution < -0.4 is 40.2 Å². The van der Waals surface area contributed by atoms with Crippen molar-refractivity contribution in [3.05, 3.63) is 71.8 Å². The summed E-state index contributed by atoms with van der Waals surface area (Å²) in [5.41, 5.74) is 0.341. The van der Waals surface area contributed by atoms with E-state index in [-0.39, 0.29) is 36.9 Å². The van der Waals surface area contributed by atoms with E-state index in [0.29, 0.717) is 0 Å². The van der Waals surface area contributed by atoms with Gasteiger partial charge in [0.2, 0.25) is 0 Å². The van der Waals surface area contributed by atoms with Crippen LogP contribution in [-0.2, 0) is 14.9 Å². The van der Waals surface area contributed by atoms with E-state index >= 15 is 0 Å². The van der Waals surface area contributed by atoms with Gasteiger partial charge in [0.25, 0.3) is 5.91 Å². The fourth-order valence-electron chi connectivity index (χ4n) is 2.40. The van der Waals surface area contributed by atoms with Gasteiger partial charge in [-0.05, 0) is 11.1 Å². The zero-order chi connectivity index (χ0) is 17.8. The predicted octanol–water partition coefficient (Wildman–Crippen LogP) is -2.04. The fraction of sp³-hybridized carbons (Fsp3) is 0.0667. The molecule has 1 aliphatic rings. The standard InChI is InChI=1S/C15H12N2O2.Na.H3O4P.H/c18-13-15(17-14(19)16-13,11-7-3-1-4-8-11)12-9-5-2-6-10-12;;1-5(2,3)4;/h1-10H,(H2,16,17,18,19);;(H3,1,2,3,4);/q;+1;;-1. The predicted molar refractivity (Wildman–Crippen MR) is 85.7 cm³/mol. The van der Waals surface area contributed by atoms with Gasteiger partial charge in [-0.25, -0.2) is 9.36 Å². The van der Waals surface area contributed by atoms with Crippen molar-refractivity contribution in [3.8, 4) is 0 Å². The molecule has 0 saturated carbocycles. The third-order valence-electron chi connectivity index (χ3n) is 3.28. The van der Waals surface area contributed by atoms with Crippen molar-refractivity contribution in [3.63, 3.8) is 0 Å². The van der Waals surface area contributed by atoms with Crippen molar-refractivity contribution in [2.75, 3.05) is 0 Å². The van der Waals surface area contributed by atoms with Crippen LogP contribution in [0, 0.1) is 0 Å². The normalized spacial score (nSPS) is 15.2. The monoisotopic (exact) mass is 374 g/mol. The van der Waals surface area contributed by atoms with Crippen molar-refractivity contribution < 1.29 is 59.8 Å². The molecule has 2 aromatic carbocycles. The van der Waals surface area contributed by atoms with Gasteiger partial charge in [0.05, 0.1) is 0 Å². The van der Waals surface area contributed by atoms with Gasteiger partial charge in [-0.2, -0.15) is 0 Å². The Hall–Kier alpha value is -1.51. The Kier molecular flexibility index (Phi) is 7.52. The molecule has 0 atom stereocenters. The zero-order valence-electron chi connectivity index (χ0n) is 14.3. The topological polar surface area (TPSA) is 136 Å². The van der Waals surface area contributed by atoms with Gasteiger partial charge < -0.3 is 21.4 Å². The van der Waals surface area contributed by atoms with E-state index in [4.69, 9.17) is 19.2 Å². The van der Waals surface area contributed by atoms with Gasteiger partial charge in [0, 0.05) is 0 Å². The molecule has 8 nitrogen and oxygen atoms in total. The van der Waals surface area contributed by atoms with Crippen LogP contribution in [0.15, 0.2) is 60.7 Å². The number of rotatable bonds is 2. The second kappa shape index (κ2) is 8.73. The van der Waals surface area contributed by atoms with Crippen LogP contribution in [0.1, 0.15) is 12.6 Å². The van der Waals surface area contributed by atoms with Crippen LogP contribution in [0.2, 0.25) is 0 Å². The number of hydrogen-bond acceptors (Lipinski definition) is 3. The molecule has 0 unspecified atom stereocenters. The van der Waals surface area contributed by atoms with Gasteiger partial charge in [-0.1, -0.05) is 60.7 Å².